The Morgan fingerprint density at radius 2 is 1.47 bits per heavy atom. The number of hydrogen-bond donors (Lipinski definition) is 2. The van der Waals surface area contributed by atoms with E-state index in [9.17, 15) is 4.79 Å². The molecule has 1 atom stereocenters. The zero-order chi connectivity index (χ0) is 12.1. The zero-order valence-electron chi connectivity index (χ0n) is 9.34. The first-order valence-corrected chi connectivity index (χ1v) is 5.43. The second-order valence-electron chi connectivity index (χ2n) is 3.76. The molecule has 0 aromatic heterocycles. The van der Waals surface area contributed by atoms with Crippen LogP contribution in [0.1, 0.15) is 11.6 Å². The van der Waals surface area contributed by atoms with Crippen molar-refractivity contribution in [2.45, 2.75) is 6.04 Å². The van der Waals surface area contributed by atoms with Crippen LogP contribution in [0.5, 0.6) is 0 Å². The zero-order valence-corrected chi connectivity index (χ0v) is 9.34. The van der Waals surface area contributed by atoms with Crippen molar-refractivity contribution in [1.29, 1.82) is 0 Å². The smallest absolute Gasteiger partial charge is 0.244 e. The van der Waals surface area contributed by atoms with Crippen molar-refractivity contribution in [3.8, 4) is 0 Å². The van der Waals surface area contributed by atoms with Gasteiger partial charge in [0.15, 0.2) is 0 Å². The van der Waals surface area contributed by atoms with Gasteiger partial charge in [0.1, 0.15) is 6.04 Å². The Balaban J connectivity index is 2.23. The lowest BCUT2D eigenvalue weighted by atomic mass is 10.1. The Morgan fingerprint density at radius 3 is 2.00 bits per heavy atom. The number of carbonyl (C=O) groups is 1. The standard InChI is InChI=1S/C14H14N2O/c15-14(17)13(11-7-3-1-4-8-11)16-12-9-5-2-6-10-12/h1-10,13,16H,(H2,15,17)/t13-/m0/s1. The highest BCUT2D eigenvalue weighted by Crippen LogP contribution is 2.18. The van der Waals surface area contributed by atoms with Crippen LogP contribution in [0, 0.1) is 0 Å². The number of nitrogens with one attached hydrogen (secondary N) is 1. The molecule has 1 amide bonds. The van der Waals surface area contributed by atoms with Crippen molar-refractivity contribution in [1.82, 2.24) is 0 Å². The summed E-state index contributed by atoms with van der Waals surface area (Å²) < 4.78 is 0. The first-order chi connectivity index (χ1) is 8.27. The van der Waals surface area contributed by atoms with Crippen molar-refractivity contribution in [2.24, 2.45) is 5.73 Å². The summed E-state index contributed by atoms with van der Waals surface area (Å²) >= 11 is 0. The van der Waals surface area contributed by atoms with Gasteiger partial charge in [0.2, 0.25) is 5.91 Å². The SMILES string of the molecule is NC(=O)[C@@H](Nc1ccccc1)c1ccccc1. The van der Waals surface area contributed by atoms with E-state index in [-0.39, 0.29) is 5.91 Å². The molecule has 0 aliphatic rings. The molecule has 2 aromatic carbocycles. The van der Waals surface area contributed by atoms with E-state index in [4.69, 9.17) is 5.73 Å². The Labute approximate surface area is 100 Å². The van der Waals surface area contributed by atoms with E-state index in [1.54, 1.807) is 0 Å². The topological polar surface area (TPSA) is 55.1 Å². The summed E-state index contributed by atoms with van der Waals surface area (Å²) in [6.45, 7) is 0. The van der Waals surface area contributed by atoms with Crippen molar-refractivity contribution in [3.63, 3.8) is 0 Å². The van der Waals surface area contributed by atoms with Crippen molar-refractivity contribution < 1.29 is 4.79 Å². The van der Waals surface area contributed by atoms with Gasteiger partial charge in [-0.1, -0.05) is 48.5 Å². The molecular formula is C14H14N2O. The van der Waals surface area contributed by atoms with Crippen LogP contribution in [0.3, 0.4) is 0 Å². The van der Waals surface area contributed by atoms with Gasteiger partial charge in [-0.15, -0.1) is 0 Å². The Hall–Kier alpha value is -2.29. The molecule has 17 heavy (non-hydrogen) atoms. The molecule has 3 N–H and O–H groups in total. The normalized spacial score (nSPS) is 11.8. The summed E-state index contributed by atoms with van der Waals surface area (Å²) in [5, 5.41) is 3.12. The van der Waals surface area contributed by atoms with Crippen LogP contribution in [0.25, 0.3) is 0 Å². The lowest BCUT2D eigenvalue weighted by Crippen LogP contribution is -2.27. The number of rotatable bonds is 4. The summed E-state index contributed by atoms with van der Waals surface area (Å²) in [5.41, 5.74) is 7.15. The van der Waals surface area contributed by atoms with Crippen LogP contribution in [-0.4, -0.2) is 5.91 Å². The van der Waals surface area contributed by atoms with Gasteiger partial charge >= 0.3 is 0 Å². The summed E-state index contributed by atoms with van der Waals surface area (Å²) in [5.74, 6) is -0.389. The molecule has 0 saturated heterocycles. The van der Waals surface area contributed by atoms with E-state index in [1.807, 2.05) is 60.7 Å². The molecule has 0 unspecified atom stereocenters. The van der Waals surface area contributed by atoms with Gasteiger partial charge in [-0.25, -0.2) is 0 Å². The Kier molecular flexibility index (Phi) is 3.40. The monoisotopic (exact) mass is 226 g/mol. The number of para-hydroxylation sites is 1. The molecule has 0 heterocycles. The first-order valence-electron chi connectivity index (χ1n) is 5.43. The molecule has 0 bridgehead atoms. The summed E-state index contributed by atoms with van der Waals surface area (Å²) in [6.07, 6.45) is 0. The minimum absolute atomic E-state index is 0.389. The number of benzene rings is 2. The maximum Gasteiger partial charge on any atom is 0.244 e. The molecular weight excluding hydrogens is 212 g/mol. The van der Waals surface area contributed by atoms with Crippen molar-refractivity contribution in [3.05, 3.63) is 66.2 Å². The minimum Gasteiger partial charge on any atom is -0.370 e. The molecule has 2 aromatic rings. The van der Waals surface area contributed by atoms with E-state index in [1.165, 1.54) is 0 Å². The highest BCUT2D eigenvalue weighted by molar-refractivity contribution is 5.84. The van der Waals surface area contributed by atoms with Gasteiger partial charge in [0, 0.05) is 5.69 Å². The highest BCUT2D eigenvalue weighted by Gasteiger charge is 2.16. The number of carbonyl (C=O) groups excluding carboxylic acids is 1. The number of primary amides is 1. The van der Waals surface area contributed by atoms with Crippen molar-refractivity contribution in [2.75, 3.05) is 5.32 Å². The molecule has 0 radical (unpaired) electrons. The number of amides is 1. The highest BCUT2D eigenvalue weighted by atomic mass is 16.1. The average Bonchev–Trinajstić information content (AvgIpc) is 2.38. The maximum atomic E-state index is 11.5. The predicted octanol–water partition coefficient (Wildman–Crippen LogP) is 2.33. The molecule has 0 aliphatic carbocycles. The molecule has 2 rings (SSSR count). The van der Waals surface area contributed by atoms with Gasteiger partial charge in [-0.2, -0.15) is 0 Å². The number of hydrogen-bond acceptors (Lipinski definition) is 2. The van der Waals surface area contributed by atoms with Gasteiger partial charge in [0.05, 0.1) is 0 Å². The summed E-state index contributed by atoms with van der Waals surface area (Å²) in [6, 6.07) is 18.5. The van der Waals surface area contributed by atoms with Gasteiger partial charge < -0.3 is 11.1 Å². The van der Waals surface area contributed by atoms with Crippen LogP contribution in [0.15, 0.2) is 60.7 Å². The number of nitrogens with two attached hydrogens (primary N) is 1. The van der Waals surface area contributed by atoms with Crippen LogP contribution in [0.2, 0.25) is 0 Å². The van der Waals surface area contributed by atoms with E-state index in [0.717, 1.165) is 11.3 Å². The third-order valence-corrected chi connectivity index (χ3v) is 2.50. The first kappa shape index (κ1) is 11.2. The van der Waals surface area contributed by atoms with Crippen LogP contribution in [0.4, 0.5) is 5.69 Å². The third kappa shape index (κ3) is 2.84. The predicted molar refractivity (Wildman–Crippen MR) is 68.4 cm³/mol. The van der Waals surface area contributed by atoms with Crippen LogP contribution >= 0.6 is 0 Å². The fourth-order valence-electron chi connectivity index (χ4n) is 1.67. The number of anilines is 1. The molecule has 3 heteroatoms. The minimum atomic E-state index is -0.501. The van der Waals surface area contributed by atoms with Crippen LogP contribution < -0.4 is 11.1 Å². The molecule has 0 aliphatic heterocycles. The fraction of sp³-hybridized carbons (Fsp3) is 0.0714. The van der Waals surface area contributed by atoms with Crippen LogP contribution in [-0.2, 0) is 4.79 Å². The quantitative estimate of drug-likeness (QED) is 0.840. The average molecular weight is 226 g/mol. The maximum absolute atomic E-state index is 11.5. The lowest BCUT2D eigenvalue weighted by Gasteiger charge is -2.16. The van der Waals surface area contributed by atoms with Crippen molar-refractivity contribution >= 4 is 11.6 Å². The van der Waals surface area contributed by atoms with Gasteiger partial charge in [-0.3, -0.25) is 4.79 Å². The fourth-order valence-corrected chi connectivity index (χ4v) is 1.67. The molecule has 0 spiro atoms. The lowest BCUT2D eigenvalue weighted by molar-refractivity contribution is -0.118. The van der Waals surface area contributed by atoms with Gasteiger partial charge in [0.25, 0.3) is 0 Å². The van der Waals surface area contributed by atoms with E-state index in [0.29, 0.717) is 0 Å². The summed E-state index contributed by atoms with van der Waals surface area (Å²) in [7, 11) is 0. The molecule has 0 fully saturated rings. The van der Waals surface area contributed by atoms with E-state index in [2.05, 4.69) is 5.32 Å². The molecule has 0 saturated carbocycles. The Morgan fingerprint density at radius 1 is 0.941 bits per heavy atom. The molecule has 86 valence electrons. The third-order valence-electron chi connectivity index (χ3n) is 2.50. The van der Waals surface area contributed by atoms with E-state index < -0.39 is 6.04 Å². The second-order valence-corrected chi connectivity index (χ2v) is 3.76. The Bertz CT molecular complexity index is 482. The second kappa shape index (κ2) is 5.16. The van der Waals surface area contributed by atoms with Gasteiger partial charge in [-0.05, 0) is 17.7 Å². The molecule has 3 nitrogen and oxygen atoms in total. The van der Waals surface area contributed by atoms with E-state index >= 15 is 0 Å². The largest absolute Gasteiger partial charge is 0.370 e. The summed E-state index contributed by atoms with van der Waals surface area (Å²) in [4.78, 5) is 11.5.